The van der Waals surface area contributed by atoms with Crippen LogP contribution in [0, 0.1) is 0 Å². The highest BCUT2D eigenvalue weighted by molar-refractivity contribution is 7.92. The molecule has 0 atom stereocenters. The number of nitrogen functional groups attached to an aromatic ring is 1. The van der Waals surface area contributed by atoms with Gasteiger partial charge in [-0.15, -0.1) is 0 Å². The highest BCUT2D eigenvalue weighted by atomic mass is 32.2. The molecule has 7 heteroatoms. The average Bonchev–Trinajstić information content (AvgIpc) is 3.09. The number of aromatic nitrogens is 2. The van der Waals surface area contributed by atoms with Gasteiger partial charge in [-0.1, -0.05) is 121 Å². The van der Waals surface area contributed by atoms with E-state index in [4.69, 9.17) is 15.7 Å². The van der Waals surface area contributed by atoms with E-state index in [0.717, 1.165) is 38.9 Å². The largest absolute Gasteiger partial charge is 0.399 e. The van der Waals surface area contributed by atoms with E-state index in [1.165, 1.54) is 12.1 Å². The quantitative estimate of drug-likeness (QED) is 0.177. The van der Waals surface area contributed by atoms with Gasteiger partial charge >= 0.3 is 0 Å². The smallest absolute Gasteiger partial charge is 0.263 e. The molecular formula is C38H28N4O2S. The molecule has 6 nitrogen and oxygen atoms in total. The van der Waals surface area contributed by atoms with Crippen molar-refractivity contribution >= 4 is 32.6 Å². The van der Waals surface area contributed by atoms with E-state index in [-0.39, 0.29) is 10.7 Å². The Balaban J connectivity index is 1.58. The van der Waals surface area contributed by atoms with Crippen LogP contribution in [0.3, 0.4) is 0 Å². The summed E-state index contributed by atoms with van der Waals surface area (Å²) in [4.78, 5) is 10.3. The van der Waals surface area contributed by atoms with Crippen LogP contribution in [-0.4, -0.2) is 18.4 Å². The number of nitrogens with zero attached hydrogens (tertiary/aromatic N) is 2. The highest BCUT2D eigenvalue weighted by Crippen LogP contribution is 2.45. The molecule has 7 rings (SSSR count). The van der Waals surface area contributed by atoms with Crippen LogP contribution in [0.5, 0.6) is 0 Å². The Hall–Kier alpha value is -5.79. The first-order valence-corrected chi connectivity index (χ1v) is 15.9. The molecule has 0 radical (unpaired) electrons. The Morgan fingerprint density at radius 3 is 1.58 bits per heavy atom. The Morgan fingerprint density at radius 2 is 1.02 bits per heavy atom. The lowest BCUT2D eigenvalue weighted by molar-refractivity contribution is 0.601. The molecule has 1 aromatic heterocycles. The number of fused-ring (bicyclic) bond motifs is 1. The number of anilines is 2. The summed E-state index contributed by atoms with van der Waals surface area (Å²) in [6.07, 6.45) is 0. The van der Waals surface area contributed by atoms with Crippen LogP contribution in [-0.2, 0) is 10.0 Å². The third kappa shape index (κ3) is 5.53. The Morgan fingerprint density at radius 1 is 0.533 bits per heavy atom. The van der Waals surface area contributed by atoms with Crippen LogP contribution in [0.25, 0.3) is 55.7 Å². The van der Waals surface area contributed by atoms with Crippen LogP contribution in [0.4, 0.5) is 11.5 Å². The van der Waals surface area contributed by atoms with E-state index in [9.17, 15) is 8.42 Å². The SMILES string of the molecule is Nc1ccc(S(=O)(=O)Nc2nc3cc(-c4ccccc4)c(-c4ccccc4)c(-c4ccccc4)c3nc2-c2ccccc2)cc1. The predicted octanol–water partition coefficient (Wildman–Crippen LogP) is 8.68. The Labute approximate surface area is 261 Å². The molecule has 0 fully saturated rings. The summed E-state index contributed by atoms with van der Waals surface area (Å²) < 4.78 is 30.0. The molecule has 3 N–H and O–H groups in total. The maximum absolute atomic E-state index is 13.6. The van der Waals surface area contributed by atoms with Crippen molar-refractivity contribution in [1.82, 2.24) is 9.97 Å². The van der Waals surface area contributed by atoms with Crippen molar-refractivity contribution in [1.29, 1.82) is 0 Å². The van der Waals surface area contributed by atoms with Crippen molar-refractivity contribution in [3.63, 3.8) is 0 Å². The molecule has 0 bridgehead atoms. The lowest BCUT2D eigenvalue weighted by Gasteiger charge is -2.20. The first kappa shape index (κ1) is 28.0. The van der Waals surface area contributed by atoms with Crippen LogP contribution < -0.4 is 10.5 Å². The van der Waals surface area contributed by atoms with Crippen molar-refractivity contribution in [3.8, 4) is 44.6 Å². The molecule has 45 heavy (non-hydrogen) atoms. The van der Waals surface area contributed by atoms with E-state index in [0.29, 0.717) is 22.4 Å². The summed E-state index contributed by atoms with van der Waals surface area (Å²) >= 11 is 0. The zero-order chi connectivity index (χ0) is 30.8. The zero-order valence-corrected chi connectivity index (χ0v) is 24.9. The number of hydrogen-bond donors (Lipinski definition) is 2. The van der Waals surface area contributed by atoms with E-state index in [2.05, 4.69) is 41.1 Å². The fourth-order valence-corrected chi connectivity index (χ4v) is 6.54. The number of sulfonamides is 1. The molecule has 7 aromatic rings. The monoisotopic (exact) mass is 604 g/mol. The van der Waals surface area contributed by atoms with Crippen LogP contribution in [0.1, 0.15) is 0 Å². The molecule has 0 saturated heterocycles. The normalized spacial score (nSPS) is 11.4. The fourth-order valence-electron chi connectivity index (χ4n) is 5.53. The first-order valence-electron chi connectivity index (χ1n) is 14.5. The Bertz CT molecular complexity index is 2230. The van der Waals surface area contributed by atoms with Gasteiger partial charge in [-0.3, -0.25) is 4.72 Å². The maximum Gasteiger partial charge on any atom is 0.263 e. The van der Waals surface area contributed by atoms with Crippen LogP contribution >= 0.6 is 0 Å². The molecule has 0 spiro atoms. The van der Waals surface area contributed by atoms with Gasteiger partial charge in [-0.2, -0.15) is 0 Å². The van der Waals surface area contributed by atoms with Crippen molar-refractivity contribution < 1.29 is 8.42 Å². The summed E-state index contributed by atoms with van der Waals surface area (Å²) in [5.41, 5.74) is 14.6. The second-order valence-electron chi connectivity index (χ2n) is 10.6. The number of rotatable bonds is 7. The second-order valence-corrected chi connectivity index (χ2v) is 12.3. The van der Waals surface area contributed by atoms with Crippen LogP contribution in [0.15, 0.2) is 157 Å². The van der Waals surface area contributed by atoms with Gasteiger partial charge in [0.2, 0.25) is 0 Å². The van der Waals surface area contributed by atoms with Gasteiger partial charge in [-0.05, 0) is 58.1 Å². The number of nitrogens with one attached hydrogen (secondary N) is 1. The van der Waals surface area contributed by atoms with E-state index >= 15 is 0 Å². The molecule has 218 valence electrons. The standard InChI is InChI=1S/C38H28N4O2S/c39-30-21-23-31(24-22-30)45(43,44)42-38-36(29-19-11-4-12-20-29)41-37-33(40-38)25-32(26-13-5-1-6-14-26)34(27-15-7-2-8-16-27)35(37)28-17-9-3-10-18-28/h1-25H,39H2,(H,40,42). The van der Waals surface area contributed by atoms with E-state index in [1.54, 1.807) is 12.1 Å². The second kappa shape index (κ2) is 11.7. The molecule has 0 aliphatic rings. The van der Waals surface area contributed by atoms with Gasteiger partial charge < -0.3 is 5.73 Å². The lowest BCUT2D eigenvalue weighted by Crippen LogP contribution is -2.15. The van der Waals surface area contributed by atoms with Crippen LogP contribution in [0.2, 0.25) is 0 Å². The number of benzene rings is 6. The van der Waals surface area contributed by atoms with Gasteiger partial charge in [0, 0.05) is 16.8 Å². The summed E-state index contributed by atoms with van der Waals surface area (Å²) in [5, 5.41) is 0. The molecular weight excluding hydrogens is 577 g/mol. The third-order valence-corrected chi connectivity index (χ3v) is 8.99. The van der Waals surface area contributed by atoms with Crippen molar-refractivity contribution in [2.75, 3.05) is 10.5 Å². The molecule has 0 unspecified atom stereocenters. The van der Waals surface area contributed by atoms with Gasteiger partial charge in [0.25, 0.3) is 10.0 Å². The molecule has 1 heterocycles. The van der Waals surface area contributed by atoms with Gasteiger partial charge in [-0.25, -0.2) is 18.4 Å². The highest BCUT2D eigenvalue weighted by Gasteiger charge is 2.24. The summed E-state index contributed by atoms with van der Waals surface area (Å²) in [6.45, 7) is 0. The minimum absolute atomic E-state index is 0.0759. The molecule has 0 aliphatic heterocycles. The predicted molar refractivity (Wildman–Crippen MR) is 183 cm³/mol. The zero-order valence-electron chi connectivity index (χ0n) is 24.1. The first-order chi connectivity index (χ1) is 22.0. The molecule has 0 aliphatic carbocycles. The minimum Gasteiger partial charge on any atom is -0.399 e. The molecule has 0 amide bonds. The van der Waals surface area contributed by atoms with Crippen molar-refractivity contribution in [2.24, 2.45) is 0 Å². The van der Waals surface area contributed by atoms with Crippen molar-refractivity contribution in [3.05, 3.63) is 152 Å². The van der Waals surface area contributed by atoms with Crippen molar-refractivity contribution in [2.45, 2.75) is 4.90 Å². The van der Waals surface area contributed by atoms with E-state index < -0.39 is 10.0 Å². The van der Waals surface area contributed by atoms with E-state index in [1.807, 2.05) is 91.0 Å². The third-order valence-electron chi connectivity index (χ3n) is 7.64. The van der Waals surface area contributed by atoms with Gasteiger partial charge in [0.15, 0.2) is 5.82 Å². The fraction of sp³-hybridized carbons (Fsp3) is 0. The summed E-state index contributed by atoms with van der Waals surface area (Å²) in [5.74, 6) is 0.135. The number of nitrogens with two attached hydrogens (primary N) is 1. The lowest BCUT2D eigenvalue weighted by atomic mass is 9.86. The average molecular weight is 605 g/mol. The van der Waals surface area contributed by atoms with Gasteiger partial charge in [0.1, 0.15) is 5.69 Å². The maximum atomic E-state index is 13.6. The Kier molecular flexibility index (Phi) is 7.29. The summed E-state index contributed by atoms with van der Waals surface area (Å²) in [6, 6.07) is 48.1. The molecule has 6 aromatic carbocycles. The summed E-state index contributed by atoms with van der Waals surface area (Å²) in [7, 11) is -4.01. The molecule has 0 saturated carbocycles. The van der Waals surface area contributed by atoms with Gasteiger partial charge in [0.05, 0.1) is 15.9 Å². The number of hydrogen-bond acceptors (Lipinski definition) is 5. The minimum atomic E-state index is -4.01. The topological polar surface area (TPSA) is 98.0 Å².